The van der Waals surface area contributed by atoms with Gasteiger partial charge in [-0.2, -0.15) is 0 Å². The fourth-order valence-corrected chi connectivity index (χ4v) is 4.40. The van der Waals surface area contributed by atoms with Gasteiger partial charge in [-0.25, -0.2) is 8.42 Å². The highest BCUT2D eigenvalue weighted by atomic mass is 79.9. The minimum atomic E-state index is -2.97. The van der Waals surface area contributed by atoms with E-state index in [2.05, 4.69) is 21.2 Å². The van der Waals surface area contributed by atoms with Crippen LogP contribution in [0, 0.1) is 0 Å². The minimum absolute atomic E-state index is 0.0500. The van der Waals surface area contributed by atoms with Crippen molar-refractivity contribution in [1.29, 1.82) is 0 Å². The third kappa shape index (κ3) is 3.60. The van der Waals surface area contributed by atoms with Gasteiger partial charge in [0.25, 0.3) is 5.91 Å². The van der Waals surface area contributed by atoms with Gasteiger partial charge in [0.2, 0.25) is 0 Å². The summed E-state index contributed by atoms with van der Waals surface area (Å²) in [4.78, 5) is 12.2. The maximum absolute atomic E-state index is 12.2. The predicted molar refractivity (Wildman–Crippen MR) is 76.9 cm³/mol. The van der Waals surface area contributed by atoms with E-state index >= 15 is 0 Å². The third-order valence-corrected chi connectivity index (χ3v) is 5.33. The van der Waals surface area contributed by atoms with Crippen molar-refractivity contribution in [3.63, 3.8) is 0 Å². The molecule has 1 saturated heterocycles. The van der Waals surface area contributed by atoms with Crippen LogP contribution in [-0.4, -0.2) is 36.4 Å². The molecule has 1 amide bonds. The Morgan fingerprint density at radius 3 is 2.89 bits per heavy atom. The summed E-state index contributed by atoms with van der Waals surface area (Å²) in [5.74, 6) is 0.00712. The van der Waals surface area contributed by atoms with Gasteiger partial charge >= 0.3 is 0 Å². The average molecular weight is 349 g/mol. The van der Waals surface area contributed by atoms with Crippen molar-refractivity contribution in [2.75, 3.05) is 11.5 Å². The first-order valence-electron chi connectivity index (χ1n) is 6.28. The van der Waals surface area contributed by atoms with Crippen LogP contribution in [0.15, 0.2) is 16.7 Å². The Labute approximate surface area is 121 Å². The lowest BCUT2D eigenvalue weighted by molar-refractivity contribution is 0.0931. The summed E-state index contributed by atoms with van der Waals surface area (Å²) in [6.07, 6.45) is 3.30. The first-order chi connectivity index (χ1) is 8.91. The van der Waals surface area contributed by atoms with E-state index in [1.165, 1.54) is 0 Å². The number of hydrogen-bond donors (Lipinski definition) is 1. The van der Waals surface area contributed by atoms with Gasteiger partial charge in [0.05, 0.1) is 11.5 Å². The molecule has 2 heterocycles. The maximum Gasteiger partial charge on any atom is 0.268 e. The fraction of sp³-hybridized carbons (Fsp3) is 0.583. The third-order valence-electron chi connectivity index (χ3n) is 3.13. The van der Waals surface area contributed by atoms with Crippen LogP contribution in [0.25, 0.3) is 0 Å². The molecule has 0 saturated carbocycles. The quantitative estimate of drug-likeness (QED) is 0.897. The van der Waals surface area contributed by atoms with Crippen molar-refractivity contribution in [3.05, 3.63) is 22.4 Å². The summed E-state index contributed by atoms with van der Waals surface area (Å²) < 4.78 is 25.5. The Morgan fingerprint density at radius 1 is 1.58 bits per heavy atom. The molecule has 106 valence electrons. The number of nitrogens with one attached hydrogen (secondary N) is 1. The van der Waals surface area contributed by atoms with E-state index in [0.717, 1.165) is 17.4 Å². The van der Waals surface area contributed by atoms with E-state index in [-0.39, 0.29) is 23.5 Å². The van der Waals surface area contributed by atoms with Crippen molar-refractivity contribution in [1.82, 2.24) is 9.88 Å². The molecule has 0 bridgehead atoms. The highest BCUT2D eigenvalue weighted by Crippen LogP contribution is 2.17. The Morgan fingerprint density at radius 2 is 2.32 bits per heavy atom. The number of aryl methyl sites for hydroxylation is 1. The molecular formula is C12H17BrN2O3S. The second-order valence-electron chi connectivity index (χ2n) is 4.81. The van der Waals surface area contributed by atoms with Crippen LogP contribution in [0.4, 0.5) is 0 Å². The van der Waals surface area contributed by atoms with Crippen LogP contribution in [0.1, 0.15) is 30.3 Å². The molecule has 1 aromatic rings. The van der Waals surface area contributed by atoms with E-state index in [1.54, 1.807) is 6.07 Å². The smallest absolute Gasteiger partial charge is 0.268 e. The van der Waals surface area contributed by atoms with Crippen LogP contribution >= 0.6 is 15.9 Å². The lowest BCUT2D eigenvalue weighted by atomic mass is 10.2. The van der Waals surface area contributed by atoms with Gasteiger partial charge in [-0.15, -0.1) is 0 Å². The van der Waals surface area contributed by atoms with Crippen LogP contribution in [0.3, 0.4) is 0 Å². The number of carbonyl (C=O) groups excluding carboxylic acids is 1. The summed E-state index contributed by atoms with van der Waals surface area (Å²) in [6, 6.07) is 1.50. The van der Waals surface area contributed by atoms with Crippen molar-refractivity contribution >= 4 is 31.7 Å². The number of amides is 1. The molecule has 1 aliphatic rings. The second-order valence-corrected chi connectivity index (χ2v) is 7.95. The molecule has 5 nitrogen and oxygen atoms in total. The summed E-state index contributed by atoms with van der Waals surface area (Å²) in [6.45, 7) is 2.80. The number of carbonyl (C=O) groups is 1. The van der Waals surface area contributed by atoms with Gasteiger partial charge in [0.1, 0.15) is 5.69 Å². The van der Waals surface area contributed by atoms with Crippen LogP contribution in [-0.2, 0) is 16.4 Å². The Balaban J connectivity index is 2.08. The summed E-state index contributed by atoms with van der Waals surface area (Å²) >= 11 is 3.36. The van der Waals surface area contributed by atoms with Crippen LogP contribution in [0.5, 0.6) is 0 Å². The zero-order valence-corrected chi connectivity index (χ0v) is 13.1. The average Bonchev–Trinajstić information content (AvgIpc) is 2.82. The zero-order valence-electron chi connectivity index (χ0n) is 10.7. The predicted octanol–water partition coefficient (Wildman–Crippen LogP) is 1.58. The first kappa shape index (κ1) is 14.6. The molecule has 1 atom stereocenters. The normalized spacial score (nSPS) is 21.5. The summed E-state index contributed by atoms with van der Waals surface area (Å²) in [7, 11) is -2.97. The van der Waals surface area contributed by atoms with Gasteiger partial charge < -0.3 is 9.88 Å². The molecule has 0 aromatic carbocycles. The highest BCUT2D eigenvalue weighted by Gasteiger charge is 2.29. The van der Waals surface area contributed by atoms with Gasteiger partial charge in [-0.1, -0.05) is 6.92 Å². The number of nitrogens with zero attached hydrogens (tertiary/aromatic N) is 1. The van der Waals surface area contributed by atoms with E-state index in [0.29, 0.717) is 12.1 Å². The minimum Gasteiger partial charge on any atom is -0.347 e. The van der Waals surface area contributed by atoms with E-state index in [9.17, 15) is 13.2 Å². The van der Waals surface area contributed by atoms with Crippen molar-refractivity contribution in [2.45, 2.75) is 32.4 Å². The van der Waals surface area contributed by atoms with Gasteiger partial charge in [-0.05, 0) is 34.8 Å². The van der Waals surface area contributed by atoms with Crippen molar-refractivity contribution in [3.8, 4) is 0 Å². The largest absolute Gasteiger partial charge is 0.347 e. The molecule has 0 spiro atoms. The Bertz CT molecular complexity index is 580. The molecule has 1 aliphatic heterocycles. The lowest BCUT2D eigenvalue weighted by Gasteiger charge is -2.12. The van der Waals surface area contributed by atoms with Gasteiger partial charge in [0.15, 0.2) is 9.84 Å². The summed E-state index contributed by atoms with van der Waals surface area (Å²) in [5.41, 5.74) is 0.568. The molecule has 19 heavy (non-hydrogen) atoms. The monoisotopic (exact) mass is 348 g/mol. The topological polar surface area (TPSA) is 68.2 Å². The highest BCUT2D eigenvalue weighted by molar-refractivity contribution is 9.10. The second kappa shape index (κ2) is 5.66. The van der Waals surface area contributed by atoms with Gasteiger partial charge in [0, 0.05) is 23.3 Å². The number of rotatable bonds is 4. The maximum atomic E-state index is 12.2. The molecule has 2 rings (SSSR count). The lowest BCUT2D eigenvalue weighted by Crippen LogP contribution is -2.36. The molecule has 7 heteroatoms. The number of hydrogen-bond acceptors (Lipinski definition) is 3. The Kier molecular flexibility index (Phi) is 4.35. The molecular weight excluding hydrogens is 332 g/mol. The molecule has 0 radical (unpaired) electrons. The Hall–Kier alpha value is -0.820. The fourth-order valence-electron chi connectivity index (χ4n) is 2.26. The van der Waals surface area contributed by atoms with Gasteiger partial charge in [-0.3, -0.25) is 4.79 Å². The van der Waals surface area contributed by atoms with Crippen LogP contribution in [0.2, 0.25) is 0 Å². The molecule has 0 aliphatic carbocycles. The zero-order chi connectivity index (χ0) is 14.0. The van der Waals surface area contributed by atoms with Crippen LogP contribution < -0.4 is 5.32 Å². The molecule has 1 N–H and O–H groups in total. The van der Waals surface area contributed by atoms with Crippen molar-refractivity contribution < 1.29 is 13.2 Å². The van der Waals surface area contributed by atoms with Crippen molar-refractivity contribution in [2.24, 2.45) is 0 Å². The number of sulfone groups is 1. The standard InChI is InChI=1S/C12H17BrN2O3S/c1-2-4-15-7-9(13)6-11(15)12(16)14-10-3-5-19(17,18)8-10/h6-7,10H,2-5,8H2,1H3,(H,14,16). The van der Waals surface area contributed by atoms with E-state index in [1.807, 2.05) is 17.7 Å². The summed E-state index contributed by atoms with van der Waals surface area (Å²) in [5, 5.41) is 2.80. The first-order valence-corrected chi connectivity index (χ1v) is 8.89. The number of halogens is 1. The van der Waals surface area contributed by atoms with E-state index in [4.69, 9.17) is 0 Å². The van der Waals surface area contributed by atoms with E-state index < -0.39 is 9.84 Å². The molecule has 1 aromatic heterocycles. The molecule has 1 unspecified atom stereocenters. The number of aromatic nitrogens is 1. The molecule has 1 fully saturated rings. The SMILES string of the molecule is CCCn1cc(Br)cc1C(=O)NC1CCS(=O)(=O)C1.